The molecule has 10 heteroatoms. The van der Waals surface area contributed by atoms with E-state index in [1.54, 1.807) is 6.08 Å². The summed E-state index contributed by atoms with van der Waals surface area (Å²) in [5, 5.41) is 24.1. The van der Waals surface area contributed by atoms with Crippen molar-refractivity contribution in [1.29, 1.82) is 0 Å². The van der Waals surface area contributed by atoms with Crippen LogP contribution >= 0.6 is 7.82 Å². The molecule has 0 aromatic carbocycles. The third kappa shape index (κ3) is 33.1. The predicted molar refractivity (Wildman–Crippen MR) is 207 cm³/mol. The van der Waals surface area contributed by atoms with Crippen molar-refractivity contribution in [1.82, 2.24) is 5.32 Å². The lowest BCUT2D eigenvalue weighted by atomic mass is 10.0. The van der Waals surface area contributed by atoms with Crippen LogP contribution in [0.15, 0.2) is 12.2 Å². The molecule has 0 fully saturated rings. The highest BCUT2D eigenvalue weighted by Gasteiger charge is 2.25. The number of carbonyl (C=O) groups excluding carboxylic acids is 1. The number of phosphoric ester groups is 1. The van der Waals surface area contributed by atoms with Gasteiger partial charge in [0.15, 0.2) is 0 Å². The molecule has 0 spiro atoms. The average molecular weight is 733 g/mol. The number of hydrogen-bond acceptors (Lipinski definition) is 7. The van der Waals surface area contributed by atoms with E-state index in [0.29, 0.717) is 17.4 Å². The molecule has 298 valence electrons. The van der Waals surface area contributed by atoms with E-state index in [0.717, 1.165) is 44.4 Å². The van der Waals surface area contributed by atoms with Crippen LogP contribution < -0.4 is 10.2 Å². The number of rotatable bonds is 36. The Morgan fingerprint density at radius 1 is 0.740 bits per heavy atom. The summed E-state index contributed by atoms with van der Waals surface area (Å²) in [6, 6.07) is -1.06. The molecular formula is C40H81N2O7P. The molecule has 0 saturated heterocycles. The van der Waals surface area contributed by atoms with Crippen molar-refractivity contribution in [2.45, 2.75) is 193 Å². The highest BCUT2D eigenvalue weighted by Crippen LogP contribution is 2.38. The molecule has 4 atom stereocenters. The van der Waals surface area contributed by atoms with Crippen molar-refractivity contribution in [2.75, 3.05) is 40.9 Å². The van der Waals surface area contributed by atoms with Gasteiger partial charge in [-0.3, -0.25) is 9.36 Å². The van der Waals surface area contributed by atoms with Crippen molar-refractivity contribution >= 4 is 13.7 Å². The molecule has 9 nitrogen and oxygen atoms in total. The first-order chi connectivity index (χ1) is 23.8. The molecule has 1 amide bonds. The fourth-order valence-electron chi connectivity index (χ4n) is 5.87. The molecule has 0 heterocycles. The Morgan fingerprint density at radius 2 is 1.20 bits per heavy atom. The largest absolute Gasteiger partial charge is 0.756 e. The molecule has 2 unspecified atom stereocenters. The molecular weight excluding hydrogens is 651 g/mol. The van der Waals surface area contributed by atoms with Gasteiger partial charge in [-0.15, -0.1) is 0 Å². The lowest BCUT2D eigenvalue weighted by Gasteiger charge is -2.29. The summed E-state index contributed by atoms with van der Waals surface area (Å²) < 4.78 is 23.0. The van der Waals surface area contributed by atoms with Crippen LogP contribution in [-0.4, -0.2) is 79.8 Å². The van der Waals surface area contributed by atoms with E-state index in [1.807, 2.05) is 27.2 Å². The second kappa shape index (κ2) is 31.7. The van der Waals surface area contributed by atoms with Crippen molar-refractivity contribution in [3.8, 4) is 0 Å². The molecule has 0 radical (unpaired) electrons. The van der Waals surface area contributed by atoms with Crippen LogP contribution in [0, 0.1) is 5.92 Å². The highest BCUT2D eigenvalue weighted by atomic mass is 31.2. The Labute approximate surface area is 308 Å². The second-order valence-electron chi connectivity index (χ2n) is 16.0. The maximum Gasteiger partial charge on any atom is 0.268 e. The zero-order chi connectivity index (χ0) is 37.5. The number of amides is 1. The van der Waals surface area contributed by atoms with Gasteiger partial charge in [0.25, 0.3) is 7.82 Å². The standard InChI is InChI=1S/C40H81N2O7P/c1-7-8-9-10-11-12-13-14-15-16-19-23-26-29-32-39(44)40(45)41-37(35-49-50(46,47)48-34-33-42(4,5)6)38(43)31-28-25-22-20-17-18-21-24-27-30-36(2)3/h28,31,36-39,43-44H,7-27,29-30,32-35H2,1-6H3,(H-,41,45,46,47)/b31-28+/t37-,38+,39?/m0/s1. The smallest absolute Gasteiger partial charge is 0.268 e. The number of nitrogens with zero attached hydrogens (tertiary/aromatic N) is 1. The van der Waals surface area contributed by atoms with Crippen molar-refractivity contribution in [3.63, 3.8) is 0 Å². The summed E-state index contributed by atoms with van der Waals surface area (Å²) in [5.74, 6) is 0.136. The molecule has 0 aliphatic carbocycles. The minimum absolute atomic E-state index is 0.0421. The summed E-state index contributed by atoms with van der Waals surface area (Å²) in [7, 11) is 1.12. The van der Waals surface area contributed by atoms with Crippen LogP contribution in [0.4, 0.5) is 0 Å². The van der Waals surface area contributed by atoms with Gasteiger partial charge in [0.05, 0.1) is 39.9 Å². The number of carbonyl (C=O) groups is 1. The van der Waals surface area contributed by atoms with E-state index in [9.17, 15) is 24.5 Å². The third-order valence-electron chi connectivity index (χ3n) is 9.28. The minimum Gasteiger partial charge on any atom is -0.756 e. The molecule has 0 aromatic heterocycles. The fraction of sp³-hybridized carbons (Fsp3) is 0.925. The third-order valence-corrected chi connectivity index (χ3v) is 10.2. The number of hydrogen-bond donors (Lipinski definition) is 3. The van der Waals surface area contributed by atoms with E-state index in [1.165, 1.54) is 109 Å². The van der Waals surface area contributed by atoms with Crippen LogP contribution in [0.5, 0.6) is 0 Å². The SMILES string of the molecule is CCCCCCCCCCCCCCCCC(O)C(=O)N[C@@H](COP(=O)([O-])OCC[N+](C)(C)C)[C@H](O)/C=C/CCCCCCCCCC(C)C. The molecule has 50 heavy (non-hydrogen) atoms. The Hall–Kier alpha value is -0.800. The van der Waals surface area contributed by atoms with Gasteiger partial charge in [-0.2, -0.15) is 0 Å². The number of aliphatic hydroxyl groups excluding tert-OH is 2. The quantitative estimate of drug-likeness (QED) is 0.0254. The van der Waals surface area contributed by atoms with Crippen molar-refractivity contribution in [3.05, 3.63) is 12.2 Å². The topological polar surface area (TPSA) is 128 Å². The summed E-state index contributed by atoms with van der Waals surface area (Å²) in [4.78, 5) is 25.3. The maximum absolute atomic E-state index is 12.9. The lowest BCUT2D eigenvalue weighted by molar-refractivity contribution is -0.870. The van der Waals surface area contributed by atoms with Gasteiger partial charge in [-0.25, -0.2) is 0 Å². The number of quaternary nitrogens is 1. The second-order valence-corrected chi connectivity index (χ2v) is 17.4. The Balaban J connectivity index is 4.61. The van der Waals surface area contributed by atoms with Gasteiger partial charge in [0.1, 0.15) is 19.3 Å². The molecule has 0 bridgehead atoms. The van der Waals surface area contributed by atoms with Gasteiger partial charge < -0.3 is 34.0 Å². The number of allylic oxidation sites excluding steroid dienone is 1. The van der Waals surface area contributed by atoms with Gasteiger partial charge >= 0.3 is 0 Å². The molecule has 0 aromatic rings. The first-order valence-electron chi connectivity index (χ1n) is 20.5. The molecule has 0 aliphatic rings. The fourth-order valence-corrected chi connectivity index (χ4v) is 6.59. The number of nitrogens with one attached hydrogen (secondary N) is 1. The summed E-state index contributed by atoms with van der Waals surface area (Å²) in [6.45, 7) is 6.71. The van der Waals surface area contributed by atoms with Gasteiger partial charge in [0, 0.05) is 0 Å². The van der Waals surface area contributed by atoms with E-state index in [-0.39, 0.29) is 6.61 Å². The molecule has 3 N–H and O–H groups in total. The van der Waals surface area contributed by atoms with Crippen LogP contribution in [-0.2, 0) is 18.4 Å². The average Bonchev–Trinajstić information content (AvgIpc) is 3.04. The van der Waals surface area contributed by atoms with Crippen LogP contribution in [0.3, 0.4) is 0 Å². The van der Waals surface area contributed by atoms with Gasteiger partial charge in [-0.05, 0) is 25.2 Å². The maximum atomic E-state index is 12.9. The van der Waals surface area contributed by atoms with E-state index < -0.39 is 38.6 Å². The summed E-state index contributed by atoms with van der Waals surface area (Å²) in [6.07, 6.45) is 29.0. The highest BCUT2D eigenvalue weighted by molar-refractivity contribution is 7.45. The van der Waals surface area contributed by atoms with Gasteiger partial charge in [-0.1, -0.05) is 168 Å². The molecule has 0 aliphatic heterocycles. The van der Waals surface area contributed by atoms with E-state index >= 15 is 0 Å². The number of likely N-dealkylation sites (N-methyl/N-ethyl adjacent to an activating group) is 1. The van der Waals surface area contributed by atoms with E-state index in [4.69, 9.17) is 9.05 Å². The number of aliphatic hydroxyl groups is 2. The molecule has 0 saturated carbocycles. The predicted octanol–water partition coefficient (Wildman–Crippen LogP) is 9.00. The Bertz CT molecular complexity index is 865. The zero-order valence-electron chi connectivity index (χ0n) is 33.4. The van der Waals surface area contributed by atoms with E-state index in [2.05, 4.69) is 26.1 Å². The van der Waals surface area contributed by atoms with Crippen LogP contribution in [0.1, 0.15) is 175 Å². The Morgan fingerprint density at radius 3 is 1.68 bits per heavy atom. The van der Waals surface area contributed by atoms with Gasteiger partial charge in [0.2, 0.25) is 5.91 Å². The monoisotopic (exact) mass is 733 g/mol. The minimum atomic E-state index is -4.65. The van der Waals surface area contributed by atoms with Crippen LogP contribution in [0.25, 0.3) is 0 Å². The first kappa shape index (κ1) is 49.2. The number of phosphoric acid groups is 1. The normalized spacial score (nSPS) is 15.4. The lowest BCUT2D eigenvalue weighted by Crippen LogP contribution is -2.49. The zero-order valence-corrected chi connectivity index (χ0v) is 34.3. The van der Waals surface area contributed by atoms with Crippen molar-refractivity contribution < 1.29 is 38.0 Å². The molecule has 0 rings (SSSR count). The first-order valence-corrected chi connectivity index (χ1v) is 22.0. The van der Waals surface area contributed by atoms with Crippen molar-refractivity contribution in [2.24, 2.45) is 5.92 Å². The number of unbranched alkanes of at least 4 members (excludes halogenated alkanes) is 20. The summed E-state index contributed by atoms with van der Waals surface area (Å²) in [5.41, 5.74) is 0. The van der Waals surface area contributed by atoms with Crippen LogP contribution in [0.2, 0.25) is 0 Å². The Kier molecular flexibility index (Phi) is 31.2. The summed E-state index contributed by atoms with van der Waals surface area (Å²) >= 11 is 0.